The van der Waals surface area contributed by atoms with Crippen LogP contribution in [0, 0.1) is 18.3 Å². The summed E-state index contributed by atoms with van der Waals surface area (Å²) < 4.78 is 38.1. The molecular weight excluding hydrogens is 498 g/mol. The maximum atomic E-state index is 12.9. The van der Waals surface area contributed by atoms with E-state index in [2.05, 4.69) is 11.4 Å². The molecule has 1 amide bonds. The maximum Gasteiger partial charge on any atom is 0.256 e. The highest BCUT2D eigenvalue weighted by Gasteiger charge is 2.26. The second kappa shape index (κ2) is 9.93. The molecule has 1 saturated heterocycles. The third-order valence-corrected chi connectivity index (χ3v) is 9.58. The van der Waals surface area contributed by atoms with Gasteiger partial charge in [0.05, 0.1) is 10.5 Å². The highest BCUT2D eigenvalue weighted by atomic mass is 32.2. The van der Waals surface area contributed by atoms with Crippen molar-refractivity contribution in [1.29, 1.82) is 5.26 Å². The molecule has 2 aliphatic rings. The van der Waals surface area contributed by atoms with Gasteiger partial charge in [-0.1, -0.05) is 12.5 Å². The van der Waals surface area contributed by atoms with Crippen LogP contribution in [0.15, 0.2) is 47.4 Å². The first-order valence-electron chi connectivity index (χ1n) is 11.7. The normalized spacial score (nSPS) is 15.4. The number of nitrogens with one attached hydrogen (secondary N) is 1. The zero-order valence-electron chi connectivity index (χ0n) is 19.7. The molecule has 5 rings (SSSR count). The maximum absolute atomic E-state index is 12.9. The number of piperidine rings is 1. The Morgan fingerprint density at radius 3 is 2.53 bits per heavy atom. The van der Waals surface area contributed by atoms with Crippen LogP contribution in [-0.2, 0) is 16.4 Å². The average molecular weight is 524 g/mol. The Morgan fingerprint density at radius 1 is 1.08 bits per heavy atom. The molecule has 2 aliphatic heterocycles. The smallest absolute Gasteiger partial charge is 0.256 e. The second-order valence-electron chi connectivity index (χ2n) is 8.77. The van der Waals surface area contributed by atoms with E-state index in [0.29, 0.717) is 47.1 Å². The summed E-state index contributed by atoms with van der Waals surface area (Å²) in [6.07, 6.45) is 3.34. The number of carbonyl (C=O) groups is 1. The highest BCUT2D eigenvalue weighted by Crippen LogP contribution is 2.37. The fraction of sp³-hybridized carbons (Fsp3) is 0.308. The molecule has 1 N–H and O–H groups in total. The van der Waals surface area contributed by atoms with Crippen molar-refractivity contribution in [2.75, 3.05) is 25.2 Å². The number of rotatable bonds is 6. The molecule has 0 saturated carbocycles. The molecule has 0 unspecified atom stereocenters. The van der Waals surface area contributed by atoms with Crippen molar-refractivity contribution in [1.82, 2.24) is 4.31 Å². The minimum Gasteiger partial charge on any atom is -0.454 e. The van der Waals surface area contributed by atoms with Crippen molar-refractivity contribution in [2.24, 2.45) is 0 Å². The van der Waals surface area contributed by atoms with Crippen molar-refractivity contribution in [2.45, 2.75) is 37.5 Å². The summed E-state index contributed by atoms with van der Waals surface area (Å²) in [5.74, 6) is 1.01. The van der Waals surface area contributed by atoms with Crippen LogP contribution in [0.25, 0.3) is 0 Å². The van der Waals surface area contributed by atoms with E-state index in [1.165, 1.54) is 39.9 Å². The van der Waals surface area contributed by atoms with Crippen LogP contribution < -0.4 is 14.8 Å². The van der Waals surface area contributed by atoms with Crippen LogP contribution in [0.4, 0.5) is 5.00 Å². The van der Waals surface area contributed by atoms with E-state index < -0.39 is 15.9 Å². The van der Waals surface area contributed by atoms with E-state index in [1.54, 1.807) is 0 Å². The van der Waals surface area contributed by atoms with Crippen LogP contribution in [-0.4, -0.2) is 38.5 Å². The first-order chi connectivity index (χ1) is 17.4. The molecule has 1 aromatic heterocycles. The van der Waals surface area contributed by atoms with Crippen LogP contribution in [0.1, 0.15) is 51.2 Å². The van der Waals surface area contributed by atoms with Crippen LogP contribution in [0.5, 0.6) is 11.5 Å². The van der Waals surface area contributed by atoms with Crippen molar-refractivity contribution in [3.8, 4) is 17.6 Å². The molecule has 0 spiro atoms. The third kappa shape index (κ3) is 4.69. The Hall–Kier alpha value is -3.39. The van der Waals surface area contributed by atoms with Crippen LogP contribution in [0.2, 0.25) is 0 Å². The van der Waals surface area contributed by atoms with Gasteiger partial charge in [0.25, 0.3) is 5.91 Å². The van der Waals surface area contributed by atoms with E-state index in [-0.39, 0.29) is 11.7 Å². The summed E-state index contributed by atoms with van der Waals surface area (Å²) in [6, 6.07) is 13.9. The lowest BCUT2D eigenvalue weighted by atomic mass is 10.1. The van der Waals surface area contributed by atoms with E-state index >= 15 is 0 Å². The van der Waals surface area contributed by atoms with Gasteiger partial charge in [0.1, 0.15) is 11.1 Å². The van der Waals surface area contributed by atoms with Crippen molar-refractivity contribution >= 4 is 32.3 Å². The number of nitrogens with zero attached hydrogens (tertiary/aromatic N) is 2. The Bertz CT molecular complexity index is 1450. The van der Waals surface area contributed by atoms with Gasteiger partial charge in [-0.05, 0) is 67.3 Å². The minimum atomic E-state index is -3.57. The number of hydrogen-bond acceptors (Lipinski definition) is 7. The van der Waals surface area contributed by atoms with Crippen molar-refractivity contribution < 1.29 is 22.7 Å². The third-order valence-electron chi connectivity index (χ3n) is 6.46. The Labute approximate surface area is 214 Å². The van der Waals surface area contributed by atoms with Crippen LogP contribution >= 0.6 is 11.3 Å². The van der Waals surface area contributed by atoms with Gasteiger partial charge >= 0.3 is 0 Å². The summed E-state index contributed by atoms with van der Waals surface area (Å²) in [5, 5.41) is 13.0. The first-order valence-corrected chi connectivity index (χ1v) is 13.9. The molecule has 36 heavy (non-hydrogen) atoms. The number of nitriles is 1. The summed E-state index contributed by atoms with van der Waals surface area (Å²) in [7, 11) is -3.57. The molecule has 3 aromatic rings. The van der Waals surface area contributed by atoms with Gasteiger partial charge < -0.3 is 14.8 Å². The fourth-order valence-electron chi connectivity index (χ4n) is 4.40. The van der Waals surface area contributed by atoms with E-state index in [4.69, 9.17) is 9.47 Å². The Morgan fingerprint density at radius 2 is 1.81 bits per heavy atom. The molecule has 0 aliphatic carbocycles. The molecule has 2 aromatic carbocycles. The number of ether oxygens (including phenoxy) is 2. The van der Waals surface area contributed by atoms with E-state index in [9.17, 15) is 18.5 Å². The predicted molar refractivity (Wildman–Crippen MR) is 136 cm³/mol. The lowest BCUT2D eigenvalue weighted by molar-refractivity contribution is 0.102. The number of amides is 1. The molecule has 0 bridgehead atoms. The number of fused-ring (bicyclic) bond motifs is 1. The van der Waals surface area contributed by atoms with Gasteiger partial charge in [-0.25, -0.2) is 8.42 Å². The topological polar surface area (TPSA) is 109 Å². The highest BCUT2D eigenvalue weighted by molar-refractivity contribution is 7.89. The lowest BCUT2D eigenvalue weighted by Gasteiger charge is -2.25. The standard InChI is InChI=1S/C26H25N3O5S2/c1-17-21(15-27)26(35-24(17)14-18-5-10-22-23(13-18)34-16-33-22)28-25(30)19-6-8-20(9-7-19)36(31,32)29-11-3-2-4-12-29/h5-10,13H,2-4,11-12,14,16H2,1H3,(H,28,30). The number of hydrogen-bond donors (Lipinski definition) is 1. The molecule has 3 heterocycles. The summed E-state index contributed by atoms with van der Waals surface area (Å²) in [5.41, 5.74) is 2.57. The zero-order valence-corrected chi connectivity index (χ0v) is 21.4. The molecule has 8 nitrogen and oxygen atoms in total. The zero-order chi connectivity index (χ0) is 25.3. The van der Waals surface area contributed by atoms with Crippen molar-refractivity contribution in [3.05, 3.63) is 69.6 Å². The molecule has 0 atom stereocenters. The number of anilines is 1. The van der Waals surface area contributed by atoms with Crippen LogP contribution in [0.3, 0.4) is 0 Å². The van der Waals surface area contributed by atoms with E-state index in [0.717, 1.165) is 35.3 Å². The SMILES string of the molecule is Cc1c(Cc2ccc3c(c2)OCO3)sc(NC(=O)c2ccc(S(=O)(=O)N3CCCCC3)cc2)c1C#N. The number of benzene rings is 2. The first kappa shape index (κ1) is 24.3. The average Bonchev–Trinajstić information content (AvgIpc) is 3.48. The summed E-state index contributed by atoms with van der Waals surface area (Å²) >= 11 is 1.36. The Kier molecular flexibility index (Phi) is 6.71. The minimum absolute atomic E-state index is 0.177. The Balaban J connectivity index is 1.32. The van der Waals surface area contributed by atoms with Gasteiger partial charge in [0, 0.05) is 30.0 Å². The predicted octanol–water partition coefficient (Wildman–Crippen LogP) is 4.67. The number of carbonyl (C=O) groups excluding carboxylic acids is 1. The quantitative estimate of drug-likeness (QED) is 0.503. The van der Waals surface area contributed by atoms with Gasteiger partial charge in [-0.2, -0.15) is 9.57 Å². The fourth-order valence-corrected chi connectivity index (χ4v) is 7.10. The molecule has 1 fully saturated rings. The molecule has 0 radical (unpaired) electrons. The van der Waals surface area contributed by atoms with Gasteiger partial charge in [-0.15, -0.1) is 11.3 Å². The number of sulfonamides is 1. The second-order valence-corrected chi connectivity index (χ2v) is 11.8. The van der Waals surface area contributed by atoms with E-state index in [1.807, 2.05) is 25.1 Å². The largest absolute Gasteiger partial charge is 0.454 e. The lowest BCUT2D eigenvalue weighted by Crippen LogP contribution is -2.35. The monoisotopic (exact) mass is 523 g/mol. The van der Waals surface area contributed by atoms with Gasteiger partial charge in [-0.3, -0.25) is 4.79 Å². The summed E-state index contributed by atoms with van der Waals surface area (Å²) in [4.78, 5) is 14.1. The molecule has 186 valence electrons. The molecule has 10 heteroatoms. The van der Waals surface area contributed by atoms with Gasteiger partial charge in [0.15, 0.2) is 11.5 Å². The van der Waals surface area contributed by atoms with Crippen molar-refractivity contribution in [3.63, 3.8) is 0 Å². The summed E-state index contributed by atoms with van der Waals surface area (Å²) in [6.45, 7) is 3.12. The molecular formula is C26H25N3O5S2. The number of thiophene rings is 1. The van der Waals surface area contributed by atoms with Gasteiger partial charge in [0.2, 0.25) is 16.8 Å².